The van der Waals surface area contributed by atoms with Gasteiger partial charge in [-0.3, -0.25) is 9.59 Å². The first-order valence-electron chi connectivity index (χ1n) is 7.35. The molecule has 20 heavy (non-hydrogen) atoms. The van der Waals surface area contributed by atoms with Crippen LogP contribution in [0.15, 0.2) is 0 Å². The molecule has 4 atom stereocenters. The molecule has 112 valence electrons. The lowest BCUT2D eigenvalue weighted by Crippen LogP contribution is -2.41. The Labute approximate surface area is 120 Å². The quantitative estimate of drug-likeness (QED) is 0.808. The number of aliphatic carboxylic acids is 1. The molecule has 0 aromatic rings. The second-order valence-corrected chi connectivity index (χ2v) is 5.70. The van der Waals surface area contributed by atoms with Gasteiger partial charge < -0.3 is 10.0 Å². The predicted molar refractivity (Wildman–Crippen MR) is 74.7 cm³/mol. The zero-order valence-corrected chi connectivity index (χ0v) is 12.5. The number of carboxylic acid groups (broad SMARTS) is 1. The summed E-state index contributed by atoms with van der Waals surface area (Å²) >= 11 is 0. The van der Waals surface area contributed by atoms with Crippen LogP contribution in [0.5, 0.6) is 0 Å². The second kappa shape index (κ2) is 7.28. The van der Waals surface area contributed by atoms with E-state index in [1.807, 2.05) is 13.8 Å². The summed E-state index contributed by atoms with van der Waals surface area (Å²) in [6, 6.07) is 2.12. The maximum atomic E-state index is 12.6. The zero-order valence-electron chi connectivity index (χ0n) is 12.5. The van der Waals surface area contributed by atoms with Gasteiger partial charge in [0.15, 0.2) is 0 Å². The minimum atomic E-state index is -0.872. The highest BCUT2D eigenvalue weighted by molar-refractivity contribution is 5.85. The minimum Gasteiger partial charge on any atom is -0.481 e. The molecule has 0 radical (unpaired) electrons. The molecule has 0 saturated heterocycles. The van der Waals surface area contributed by atoms with Crippen LogP contribution < -0.4 is 0 Å². The fraction of sp³-hybridized carbons (Fsp3) is 0.800. The number of carboxylic acids is 1. The molecule has 1 rings (SSSR count). The lowest BCUT2D eigenvalue weighted by atomic mass is 9.94. The minimum absolute atomic E-state index is 0.0991. The van der Waals surface area contributed by atoms with Gasteiger partial charge in [-0.2, -0.15) is 5.26 Å². The molecule has 0 heterocycles. The highest BCUT2D eigenvalue weighted by Gasteiger charge is 2.43. The van der Waals surface area contributed by atoms with Gasteiger partial charge in [-0.05, 0) is 32.6 Å². The lowest BCUT2D eigenvalue weighted by Gasteiger charge is -2.27. The van der Waals surface area contributed by atoms with Crippen molar-refractivity contribution >= 4 is 11.9 Å². The maximum absolute atomic E-state index is 12.6. The molecule has 0 bridgehead atoms. The third kappa shape index (κ3) is 3.72. The average molecular weight is 280 g/mol. The van der Waals surface area contributed by atoms with Crippen LogP contribution >= 0.6 is 0 Å². The molecule has 1 saturated carbocycles. The van der Waals surface area contributed by atoms with Crippen LogP contribution in [0, 0.1) is 35.0 Å². The van der Waals surface area contributed by atoms with Gasteiger partial charge in [0.05, 0.1) is 23.8 Å². The molecule has 5 nitrogen and oxygen atoms in total. The van der Waals surface area contributed by atoms with E-state index in [1.165, 1.54) is 0 Å². The zero-order chi connectivity index (χ0) is 15.3. The molecule has 0 aromatic heterocycles. The number of carbonyl (C=O) groups is 2. The predicted octanol–water partition coefficient (Wildman–Crippen LogP) is 2.13. The lowest BCUT2D eigenvalue weighted by molar-refractivity contribution is -0.149. The van der Waals surface area contributed by atoms with Crippen molar-refractivity contribution in [1.82, 2.24) is 4.90 Å². The topological polar surface area (TPSA) is 81.4 Å². The van der Waals surface area contributed by atoms with Crippen molar-refractivity contribution in [3.63, 3.8) is 0 Å². The summed E-state index contributed by atoms with van der Waals surface area (Å²) < 4.78 is 0. The normalized spacial score (nSPS) is 26.8. The summed E-state index contributed by atoms with van der Waals surface area (Å²) in [4.78, 5) is 25.5. The summed E-state index contributed by atoms with van der Waals surface area (Å²) in [6.07, 6.45) is 2.16. The summed E-state index contributed by atoms with van der Waals surface area (Å²) in [7, 11) is 0. The van der Waals surface area contributed by atoms with E-state index in [0.29, 0.717) is 31.8 Å². The summed E-state index contributed by atoms with van der Waals surface area (Å²) in [6.45, 7) is 6.57. The number of hydrogen-bond donors (Lipinski definition) is 1. The number of hydrogen-bond acceptors (Lipinski definition) is 3. The van der Waals surface area contributed by atoms with Gasteiger partial charge in [0.1, 0.15) is 0 Å². The van der Waals surface area contributed by atoms with E-state index >= 15 is 0 Å². The first-order valence-corrected chi connectivity index (χ1v) is 7.35. The van der Waals surface area contributed by atoms with E-state index in [2.05, 4.69) is 6.07 Å². The van der Waals surface area contributed by atoms with Crippen molar-refractivity contribution in [2.24, 2.45) is 23.7 Å². The van der Waals surface area contributed by atoms with Gasteiger partial charge >= 0.3 is 5.97 Å². The van der Waals surface area contributed by atoms with Crippen LogP contribution in [0.1, 0.15) is 40.0 Å². The third-order valence-electron chi connectivity index (χ3n) is 4.28. The summed E-state index contributed by atoms with van der Waals surface area (Å²) in [5, 5.41) is 18.2. The fourth-order valence-corrected chi connectivity index (χ4v) is 3.00. The molecule has 1 aliphatic carbocycles. The van der Waals surface area contributed by atoms with Gasteiger partial charge in [-0.15, -0.1) is 0 Å². The van der Waals surface area contributed by atoms with Crippen molar-refractivity contribution in [3.05, 3.63) is 0 Å². The van der Waals surface area contributed by atoms with Gasteiger partial charge in [0.2, 0.25) is 5.91 Å². The first-order chi connectivity index (χ1) is 9.44. The van der Waals surface area contributed by atoms with Crippen molar-refractivity contribution in [1.29, 1.82) is 5.26 Å². The van der Waals surface area contributed by atoms with Crippen molar-refractivity contribution in [3.8, 4) is 6.07 Å². The molecule has 5 heteroatoms. The average Bonchev–Trinajstić information content (AvgIpc) is 2.88. The smallest absolute Gasteiger partial charge is 0.307 e. The third-order valence-corrected chi connectivity index (χ3v) is 4.28. The van der Waals surface area contributed by atoms with Crippen LogP contribution in [0.2, 0.25) is 0 Å². The Morgan fingerprint density at radius 2 is 1.95 bits per heavy atom. The number of nitriles is 1. The van der Waals surface area contributed by atoms with E-state index in [-0.39, 0.29) is 11.8 Å². The van der Waals surface area contributed by atoms with E-state index in [4.69, 9.17) is 5.26 Å². The monoisotopic (exact) mass is 280 g/mol. The molecule has 1 fully saturated rings. The summed E-state index contributed by atoms with van der Waals surface area (Å²) in [5.41, 5.74) is 0. The second-order valence-electron chi connectivity index (χ2n) is 5.70. The Morgan fingerprint density at radius 1 is 1.35 bits per heavy atom. The molecule has 1 amide bonds. The molecule has 0 spiro atoms. The first kappa shape index (κ1) is 16.5. The molecule has 1 N–H and O–H groups in total. The highest BCUT2D eigenvalue weighted by atomic mass is 16.4. The van der Waals surface area contributed by atoms with Gasteiger partial charge in [-0.25, -0.2) is 0 Å². The van der Waals surface area contributed by atoms with E-state index in [0.717, 1.165) is 6.42 Å². The largest absolute Gasteiger partial charge is 0.481 e. The SMILES string of the molecule is CCC1C[C@H](C(=O)N(CC)CC(C)C#N)[C@H](C(=O)O)C1. The number of carbonyl (C=O) groups excluding carboxylic acids is 1. The van der Waals surface area contributed by atoms with Crippen LogP contribution in [-0.2, 0) is 9.59 Å². The van der Waals surface area contributed by atoms with Crippen LogP contribution in [0.3, 0.4) is 0 Å². The number of nitrogens with zero attached hydrogens (tertiary/aromatic N) is 2. The van der Waals surface area contributed by atoms with Crippen molar-refractivity contribution < 1.29 is 14.7 Å². The molecule has 1 aliphatic rings. The fourth-order valence-electron chi connectivity index (χ4n) is 3.00. The number of amides is 1. The van der Waals surface area contributed by atoms with E-state index < -0.39 is 17.8 Å². The van der Waals surface area contributed by atoms with E-state index in [1.54, 1.807) is 11.8 Å². The summed E-state index contributed by atoms with van der Waals surface area (Å²) in [5.74, 6) is -1.88. The Bertz CT molecular complexity index is 402. The van der Waals surface area contributed by atoms with Gasteiger partial charge in [0, 0.05) is 13.1 Å². The highest BCUT2D eigenvalue weighted by Crippen LogP contribution is 2.39. The van der Waals surface area contributed by atoms with Crippen LogP contribution in [0.25, 0.3) is 0 Å². The standard InChI is InChI=1S/C15H24N2O3/c1-4-11-6-12(13(7-11)15(19)20)14(18)17(5-2)9-10(3)8-16/h10-13H,4-7,9H2,1-3H3,(H,19,20)/t10?,11?,12-,13+/m0/s1. The van der Waals surface area contributed by atoms with Crippen molar-refractivity contribution in [2.45, 2.75) is 40.0 Å². The van der Waals surface area contributed by atoms with Crippen LogP contribution in [0.4, 0.5) is 0 Å². The van der Waals surface area contributed by atoms with Gasteiger partial charge in [0.25, 0.3) is 0 Å². The van der Waals surface area contributed by atoms with Gasteiger partial charge in [-0.1, -0.05) is 13.3 Å². The Morgan fingerprint density at radius 3 is 2.40 bits per heavy atom. The van der Waals surface area contributed by atoms with E-state index in [9.17, 15) is 14.7 Å². The Hall–Kier alpha value is -1.57. The molecule has 0 aliphatic heterocycles. The van der Waals surface area contributed by atoms with Crippen molar-refractivity contribution in [2.75, 3.05) is 13.1 Å². The number of rotatable bonds is 6. The molecular weight excluding hydrogens is 256 g/mol. The molecular formula is C15H24N2O3. The molecule has 2 unspecified atom stereocenters. The Balaban J connectivity index is 2.82. The molecule has 0 aromatic carbocycles. The maximum Gasteiger partial charge on any atom is 0.307 e. The van der Waals surface area contributed by atoms with Crippen LogP contribution in [-0.4, -0.2) is 35.0 Å². The Kier molecular flexibility index (Phi) is 6.00.